The molecule has 2 heterocycles. The zero-order valence-corrected chi connectivity index (χ0v) is 18.8. The Morgan fingerprint density at radius 2 is 1.69 bits per heavy atom. The third-order valence-electron chi connectivity index (χ3n) is 6.56. The first-order valence-corrected chi connectivity index (χ1v) is 11.7. The standard InChI is InChI=1S/C26H33N3O3/c1-32-22-13-9-12-21(18-22)23(28-15-7-8-16-28)19-27-26(31)25(20-10-3-2-4-11-20)29-17-6-5-14-24(29)30/h2-4,9-13,18,23,25H,5-8,14-17,19H2,1H3,(H,27,31). The number of likely N-dealkylation sites (tertiary alicyclic amines) is 2. The van der Waals surface area contributed by atoms with Crippen LogP contribution in [-0.2, 0) is 9.59 Å². The predicted molar refractivity (Wildman–Crippen MR) is 124 cm³/mol. The van der Waals surface area contributed by atoms with Gasteiger partial charge in [0.15, 0.2) is 0 Å². The van der Waals surface area contributed by atoms with E-state index in [-0.39, 0.29) is 17.9 Å². The molecule has 6 nitrogen and oxygen atoms in total. The monoisotopic (exact) mass is 435 g/mol. The molecular weight excluding hydrogens is 402 g/mol. The van der Waals surface area contributed by atoms with Gasteiger partial charge in [-0.3, -0.25) is 14.5 Å². The Morgan fingerprint density at radius 3 is 2.41 bits per heavy atom. The number of benzene rings is 2. The molecule has 0 bridgehead atoms. The molecule has 6 heteroatoms. The molecule has 2 fully saturated rings. The molecule has 2 aliphatic heterocycles. The molecule has 2 aliphatic rings. The van der Waals surface area contributed by atoms with Gasteiger partial charge in [0, 0.05) is 19.5 Å². The zero-order chi connectivity index (χ0) is 22.3. The highest BCUT2D eigenvalue weighted by atomic mass is 16.5. The van der Waals surface area contributed by atoms with Crippen molar-refractivity contribution < 1.29 is 14.3 Å². The van der Waals surface area contributed by atoms with E-state index in [0.29, 0.717) is 19.5 Å². The minimum Gasteiger partial charge on any atom is -0.497 e. The fourth-order valence-corrected chi connectivity index (χ4v) is 4.86. The second-order valence-electron chi connectivity index (χ2n) is 8.64. The van der Waals surface area contributed by atoms with Crippen molar-refractivity contribution in [1.29, 1.82) is 0 Å². The SMILES string of the molecule is COc1cccc(C(CNC(=O)C(c2ccccc2)N2CCCCC2=O)N2CCCC2)c1. The van der Waals surface area contributed by atoms with Crippen molar-refractivity contribution in [3.63, 3.8) is 0 Å². The highest BCUT2D eigenvalue weighted by Gasteiger charge is 2.33. The smallest absolute Gasteiger partial charge is 0.247 e. The molecule has 1 N–H and O–H groups in total. The maximum absolute atomic E-state index is 13.5. The van der Waals surface area contributed by atoms with E-state index in [2.05, 4.69) is 22.3 Å². The number of nitrogens with one attached hydrogen (secondary N) is 1. The van der Waals surface area contributed by atoms with Gasteiger partial charge in [0.1, 0.15) is 11.8 Å². The first kappa shape index (κ1) is 22.3. The molecule has 2 unspecified atom stereocenters. The van der Waals surface area contributed by atoms with Crippen LogP contribution in [0.4, 0.5) is 0 Å². The molecule has 0 spiro atoms. The molecule has 170 valence electrons. The predicted octanol–water partition coefficient (Wildman–Crippen LogP) is 3.70. The maximum Gasteiger partial charge on any atom is 0.247 e. The van der Waals surface area contributed by atoms with Crippen LogP contribution in [0.2, 0.25) is 0 Å². The fourth-order valence-electron chi connectivity index (χ4n) is 4.86. The Bertz CT molecular complexity index is 912. The van der Waals surface area contributed by atoms with Crippen molar-refractivity contribution in [2.24, 2.45) is 0 Å². The second-order valence-corrected chi connectivity index (χ2v) is 8.64. The summed E-state index contributed by atoms with van der Waals surface area (Å²) in [6.07, 6.45) is 4.68. The number of piperidine rings is 1. The van der Waals surface area contributed by atoms with Crippen LogP contribution in [0.1, 0.15) is 55.3 Å². The topological polar surface area (TPSA) is 61.9 Å². The summed E-state index contributed by atoms with van der Waals surface area (Å²) >= 11 is 0. The normalized spacial score (nSPS) is 18.9. The lowest BCUT2D eigenvalue weighted by atomic mass is 10.00. The maximum atomic E-state index is 13.5. The lowest BCUT2D eigenvalue weighted by Gasteiger charge is -2.35. The number of nitrogens with zero attached hydrogens (tertiary/aromatic N) is 2. The van der Waals surface area contributed by atoms with Gasteiger partial charge in [-0.1, -0.05) is 42.5 Å². The first-order chi connectivity index (χ1) is 15.7. The van der Waals surface area contributed by atoms with Crippen LogP contribution in [0.3, 0.4) is 0 Å². The van der Waals surface area contributed by atoms with Gasteiger partial charge in [-0.2, -0.15) is 0 Å². The summed E-state index contributed by atoms with van der Waals surface area (Å²) in [4.78, 5) is 30.4. The molecule has 2 amide bonds. The van der Waals surface area contributed by atoms with Crippen molar-refractivity contribution in [3.05, 3.63) is 65.7 Å². The Balaban J connectivity index is 1.55. The summed E-state index contributed by atoms with van der Waals surface area (Å²) in [5.74, 6) is 0.766. The van der Waals surface area contributed by atoms with Gasteiger partial charge in [0.25, 0.3) is 0 Å². The summed E-state index contributed by atoms with van der Waals surface area (Å²) in [5.41, 5.74) is 2.00. The molecular formula is C26H33N3O3. The molecule has 32 heavy (non-hydrogen) atoms. The van der Waals surface area contributed by atoms with E-state index >= 15 is 0 Å². The number of methoxy groups -OCH3 is 1. The van der Waals surface area contributed by atoms with Gasteiger partial charge in [-0.25, -0.2) is 0 Å². The lowest BCUT2D eigenvalue weighted by Crippen LogP contribution is -2.47. The Hall–Kier alpha value is -2.86. The number of hydrogen-bond donors (Lipinski definition) is 1. The average molecular weight is 436 g/mol. The Kier molecular flexibility index (Phi) is 7.43. The second kappa shape index (κ2) is 10.6. The third kappa shape index (κ3) is 5.13. The Labute approximate surface area is 190 Å². The molecule has 2 aromatic carbocycles. The third-order valence-corrected chi connectivity index (χ3v) is 6.56. The number of ether oxygens (including phenoxy) is 1. The van der Waals surface area contributed by atoms with Crippen molar-refractivity contribution in [2.45, 2.75) is 44.2 Å². The highest BCUT2D eigenvalue weighted by molar-refractivity contribution is 5.89. The van der Waals surface area contributed by atoms with E-state index in [9.17, 15) is 9.59 Å². The molecule has 0 saturated carbocycles. The van der Waals surface area contributed by atoms with Gasteiger partial charge in [-0.05, 0) is 62.0 Å². The zero-order valence-electron chi connectivity index (χ0n) is 18.8. The van der Waals surface area contributed by atoms with E-state index in [1.807, 2.05) is 42.5 Å². The number of rotatable bonds is 8. The van der Waals surface area contributed by atoms with Crippen molar-refractivity contribution >= 4 is 11.8 Å². The van der Waals surface area contributed by atoms with Crippen LogP contribution >= 0.6 is 0 Å². The number of amides is 2. The quantitative estimate of drug-likeness (QED) is 0.687. The van der Waals surface area contributed by atoms with E-state index in [1.165, 1.54) is 12.8 Å². The largest absolute Gasteiger partial charge is 0.497 e. The summed E-state index contributed by atoms with van der Waals surface area (Å²) < 4.78 is 5.43. The molecule has 2 aromatic rings. The minimum absolute atomic E-state index is 0.0594. The number of hydrogen-bond acceptors (Lipinski definition) is 4. The lowest BCUT2D eigenvalue weighted by molar-refractivity contribution is -0.142. The van der Waals surface area contributed by atoms with Crippen LogP contribution in [0.25, 0.3) is 0 Å². The molecule has 2 atom stereocenters. The summed E-state index contributed by atoms with van der Waals surface area (Å²) in [7, 11) is 1.67. The van der Waals surface area contributed by atoms with Gasteiger partial charge >= 0.3 is 0 Å². The molecule has 0 aliphatic carbocycles. The summed E-state index contributed by atoms with van der Waals surface area (Å²) in [6, 6.07) is 17.2. The molecule has 0 aromatic heterocycles. The van der Waals surface area contributed by atoms with Crippen LogP contribution in [-0.4, -0.2) is 54.9 Å². The average Bonchev–Trinajstić information content (AvgIpc) is 3.36. The van der Waals surface area contributed by atoms with E-state index in [0.717, 1.165) is 42.8 Å². The highest BCUT2D eigenvalue weighted by Crippen LogP contribution is 2.29. The van der Waals surface area contributed by atoms with Gasteiger partial charge in [0.2, 0.25) is 11.8 Å². The van der Waals surface area contributed by atoms with E-state index < -0.39 is 6.04 Å². The van der Waals surface area contributed by atoms with Crippen LogP contribution in [0.5, 0.6) is 5.75 Å². The molecule has 2 saturated heterocycles. The number of carbonyl (C=O) groups is 2. The van der Waals surface area contributed by atoms with E-state index in [1.54, 1.807) is 12.0 Å². The first-order valence-electron chi connectivity index (χ1n) is 11.7. The minimum atomic E-state index is -0.589. The Morgan fingerprint density at radius 1 is 0.969 bits per heavy atom. The fraction of sp³-hybridized carbons (Fsp3) is 0.462. The van der Waals surface area contributed by atoms with E-state index in [4.69, 9.17) is 4.74 Å². The van der Waals surface area contributed by atoms with Crippen LogP contribution < -0.4 is 10.1 Å². The van der Waals surface area contributed by atoms with Crippen molar-refractivity contribution in [2.75, 3.05) is 33.3 Å². The van der Waals surface area contributed by atoms with Crippen molar-refractivity contribution in [3.8, 4) is 5.75 Å². The van der Waals surface area contributed by atoms with Gasteiger partial charge in [0.05, 0.1) is 13.2 Å². The van der Waals surface area contributed by atoms with Crippen LogP contribution in [0.15, 0.2) is 54.6 Å². The van der Waals surface area contributed by atoms with Gasteiger partial charge in [-0.15, -0.1) is 0 Å². The van der Waals surface area contributed by atoms with Crippen LogP contribution in [0, 0.1) is 0 Å². The summed E-state index contributed by atoms with van der Waals surface area (Å²) in [5, 5.41) is 3.20. The van der Waals surface area contributed by atoms with Crippen molar-refractivity contribution in [1.82, 2.24) is 15.1 Å². The molecule has 4 rings (SSSR count). The summed E-state index contributed by atoms with van der Waals surface area (Å²) in [6.45, 7) is 3.16. The molecule has 0 radical (unpaired) electrons. The number of carbonyl (C=O) groups excluding carboxylic acids is 2. The van der Waals surface area contributed by atoms with Gasteiger partial charge < -0.3 is 15.0 Å².